The summed E-state index contributed by atoms with van der Waals surface area (Å²) in [6.45, 7) is 14.4. The normalized spacial score (nSPS) is 11.2. The van der Waals surface area contributed by atoms with Crippen molar-refractivity contribution in [1.29, 1.82) is 0 Å². The Kier molecular flexibility index (Phi) is 21.8. The second kappa shape index (κ2) is 13.5. The maximum Gasteiger partial charge on any atom is 0 e. The van der Waals surface area contributed by atoms with E-state index < -0.39 is 0 Å². The molecule has 0 rings (SSSR count). The Morgan fingerprint density at radius 1 is 1.27 bits per heavy atom. The Balaban J connectivity index is -0.000000114. The average molecular weight is 187 g/mol. The maximum absolute atomic E-state index is 3.76. The molecule has 0 aromatic heterocycles. The van der Waals surface area contributed by atoms with E-state index in [1.807, 2.05) is 0 Å². The molecule has 0 aromatic carbocycles. The molecule has 67 valence electrons. The molecule has 0 N–H and O–H groups in total. The molecule has 0 heterocycles. The molecule has 1 atom stereocenters. The minimum atomic E-state index is 0. The Bertz CT molecular complexity index is 44.1. The summed E-state index contributed by atoms with van der Waals surface area (Å²) in [7, 11) is 0. The van der Waals surface area contributed by atoms with E-state index in [9.17, 15) is 0 Å². The zero-order valence-corrected chi connectivity index (χ0v) is 10.6. The van der Waals surface area contributed by atoms with E-state index in [1.165, 1.54) is 12.3 Å². The van der Waals surface area contributed by atoms with Crippen LogP contribution in [0.4, 0.5) is 0 Å². The van der Waals surface area contributed by atoms with Crippen molar-refractivity contribution in [2.24, 2.45) is 5.92 Å². The predicted molar refractivity (Wildman–Crippen MR) is 49.7 cm³/mol. The van der Waals surface area contributed by atoms with E-state index in [1.54, 1.807) is 0 Å². The van der Waals surface area contributed by atoms with E-state index >= 15 is 0 Å². The summed E-state index contributed by atoms with van der Waals surface area (Å²) < 4.78 is 0. The molecular formula is C10H22Sc-2. The minimum absolute atomic E-state index is 0. The molecule has 1 radical (unpaired) electrons. The van der Waals surface area contributed by atoms with Gasteiger partial charge in [-0.2, -0.15) is 27.2 Å². The van der Waals surface area contributed by atoms with Gasteiger partial charge in [0.1, 0.15) is 0 Å². The van der Waals surface area contributed by atoms with Crippen LogP contribution in [0.3, 0.4) is 0 Å². The largest absolute Gasteiger partial charge is 0.343 e. The Labute approximate surface area is 91.9 Å². The summed E-state index contributed by atoms with van der Waals surface area (Å²) in [4.78, 5) is 0. The van der Waals surface area contributed by atoms with Crippen molar-refractivity contribution in [2.75, 3.05) is 0 Å². The quantitative estimate of drug-likeness (QED) is 0.575. The fraction of sp³-hybridized carbons (Fsp3) is 0.800. The third-order valence-corrected chi connectivity index (χ3v) is 1.19. The van der Waals surface area contributed by atoms with Crippen molar-refractivity contribution in [3.63, 3.8) is 0 Å². The molecule has 0 amide bonds. The van der Waals surface area contributed by atoms with Gasteiger partial charge in [-0.05, 0) is 0 Å². The van der Waals surface area contributed by atoms with E-state index in [0.29, 0.717) is 0 Å². The summed E-state index contributed by atoms with van der Waals surface area (Å²) in [5.74, 6) is 2.24. The van der Waals surface area contributed by atoms with Crippen LogP contribution in [-0.4, -0.2) is 0 Å². The van der Waals surface area contributed by atoms with Crippen molar-refractivity contribution < 1.29 is 25.8 Å². The second-order valence-corrected chi connectivity index (χ2v) is 3.30. The first-order valence-electron chi connectivity index (χ1n) is 4.10. The molecule has 0 aliphatic carbocycles. The molecule has 0 saturated heterocycles. The van der Waals surface area contributed by atoms with Gasteiger partial charge in [-0.3, -0.25) is 0 Å². The van der Waals surface area contributed by atoms with E-state index in [-0.39, 0.29) is 25.8 Å². The molecule has 0 aromatic rings. The third kappa shape index (κ3) is 36.1. The van der Waals surface area contributed by atoms with Crippen molar-refractivity contribution in [2.45, 2.75) is 47.5 Å². The molecule has 1 unspecified atom stereocenters. The van der Waals surface area contributed by atoms with Crippen LogP contribution < -0.4 is 0 Å². The molecule has 0 spiro atoms. The van der Waals surface area contributed by atoms with Crippen molar-refractivity contribution >= 4 is 0 Å². The zero-order chi connectivity index (χ0) is 8.57. The summed E-state index contributed by atoms with van der Waals surface area (Å²) in [6, 6.07) is 0. The molecule has 0 fully saturated rings. The van der Waals surface area contributed by atoms with E-state index in [2.05, 4.69) is 41.5 Å². The second-order valence-electron chi connectivity index (χ2n) is 3.30. The smallest absolute Gasteiger partial charge is 0 e. The topological polar surface area (TPSA) is 0 Å². The average Bonchev–Trinajstić information content (AvgIpc) is 1.85. The van der Waals surface area contributed by atoms with Gasteiger partial charge in [-0.15, -0.1) is 0 Å². The van der Waals surface area contributed by atoms with Crippen LogP contribution in [0.1, 0.15) is 47.5 Å². The number of hydrogen-bond donors (Lipinski definition) is 0. The van der Waals surface area contributed by atoms with Gasteiger partial charge in [0.05, 0.1) is 0 Å². The fourth-order valence-corrected chi connectivity index (χ4v) is 0.204. The van der Waals surface area contributed by atoms with Gasteiger partial charge >= 0.3 is 0 Å². The first-order valence-corrected chi connectivity index (χ1v) is 4.10. The van der Waals surface area contributed by atoms with Gasteiger partial charge in [0, 0.05) is 25.8 Å². The molecular weight excluding hydrogens is 165 g/mol. The monoisotopic (exact) mass is 187 g/mol. The number of hydrogen-bond acceptors (Lipinski definition) is 0. The van der Waals surface area contributed by atoms with Crippen LogP contribution in [-0.2, 0) is 25.8 Å². The molecule has 0 aliphatic heterocycles. The first kappa shape index (κ1) is 17.8. The molecule has 0 saturated carbocycles. The van der Waals surface area contributed by atoms with Gasteiger partial charge in [-0.1, -0.05) is 26.2 Å². The minimum Gasteiger partial charge on any atom is -0.343 e. The Morgan fingerprint density at radius 3 is 1.55 bits per heavy atom. The summed E-state index contributed by atoms with van der Waals surface area (Å²) in [6.07, 6.45) is 2.35. The fourth-order valence-electron chi connectivity index (χ4n) is 0.204. The van der Waals surface area contributed by atoms with Crippen LogP contribution >= 0.6 is 0 Å². The van der Waals surface area contributed by atoms with Crippen molar-refractivity contribution in [3.8, 4) is 0 Å². The van der Waals surface area contributed by atoms with Crippen molar-refractivity contribution in [1.82, 2.24) is 0 Å². The van der Waals surface area contributed by atoms with Crippen LogP contribution in [0.5, 0.6) is 0 Å². The number of rotatable bonds is 2. The van der Waals surface area contributed by atoms with Crippen LogP contribution in [0.25, 0.3) is 0 Å². The van der Waals surface area contributed by atoms with Crippen LogP contribution in [0.15, 0.2) is 0 Å². The van der Waals surface area contributed by atoms with Crippen LogP contribution in [0, 0.1) is 18.8 Å². The van der Waals surface area contributed by atoms with Gasteiger partial charge in [0.25, 0.3) is 0 Å². The first-order chi connectivity index (χ1) is 4.54. The predicted octanol–water partition coefficient (Wildman–Crippen LogP) is 3.87. The van der Waals surface area contributed by atoms with Crippen molar-refractivity contribution in [3.05, 3.63) is 12.8 Å². The van der Waals surface area contributed by atoms with E-state index in [0.717, 1.165) is 12.3 Å². The molecule has 0 nitrogen and oxygen atoms in total. The Morgan fingerprint density at radius 2 is 1.55 bits per heavy atom. The summed E-state index contributed by atoms with van der Waals surface area (Å²) >= 11 is 0. The van der Waals surface area contributed by atoms with Gasteiger partial charge in [0.15, 0.2) is 0 Å². The van der Waals surface area contributed by atoms with E-state index in [4.69, 9.17) is 0 Å². The molecule has 11 heavy (non-hydrogen) atoms. The molecule has 0 bridgehead atoms. The Hall–Kier alpha value is 0.870. The summed E-state index contributed by atoms with van der Waals surface area (Å²) in [5, 5.41) is 0. The third-order valence-electron chi connectivity index (χ3n) is 1.19. The summed E-state index contributed by atoms with van der Waals surface area (Å²) in [5.41, 5.74) is 0. The van der Waals surface area contributed by atoms with Gasteiger partial charge < -0.3 is 12.8 Å². The van der Waals surface area contributed by atoms with Gasteiger partial charge in [0.2, 0.25) is 0 Å². The molecule has 0 aliphatic rings. The maximum atomic E-state index is 3.76. The standard InChI is InChI=1S/C6H13.C4H9.Sc/c1-4-6(3)5-2;1-4(2)3;/h6H,1,4-5H2,2-3H3;1-3H3;/q2*-1;. The van der Waals surface area contributed by atoms with Crippen LogP contribution in [0.2, 0.25) is 0 Å². The SMILES string of the molecule is C[C-](C)C.[CH2-]CC(C)CC.[Sc]. The zero-order valence-electron chi connectivity index (χ0n) is 8.78. The molecule has 1 heteroatoms. The van der Waals surface area contributed by atoms with Gasteiger partial charge in [-0.25, -0.2) is 0 Å².